The van der Waals surface area contributed by atoms with Gasteiger partial charge in [0.2, 0.25) is 0 Å². The number of nitrogens with zero attached hydrogens (tertiary/aromatic N) is 3. The van der Waals surface area contributed by atoms with Gasteiger partial charge < -0.3 is 4.90 Å². The zero-order chi connectivity index (χ0) is 13.1. The van der Waals surface area contributed by atoms with E-state index in [0.29, 0.717) is 5.88 Å². The van der Waals surface area contributed by atoms with E-state index in [1.165, 1.54) is 44.5 Å². The van der Waals surface area contributed by atoms with Gasteiger partial charge in [-0.05, 0) is 18.9 Å². The van der Waals surface area contributed by atoms with Crippen molar-refractivity contribution in [1.82, 2.24) is 9.88 Å². The number of rotatable bonds is 3. The Hall–Kier alpha value is -0.800. The molecule has 0 radical (unpaired) electrons. The van der Waals surface area contributed by atoms with E-state index in [1.807, 2.05) is 12.4 Å². The number of hydrogen-bond acceptors (Lipinski definition) is 3. The molecule has 4 heteroatoms. The van der Waals surface area contributed by atoms with E-state index in [2.05, 4.69) is 20.9 Å². The first-order valence-electron chi connectivity index (χ1n) is 7.36. The number of halogens is 1. The van der Waals surface area contributed by atoms with Gasteiger partial charge in [0.1, 0.15) is 0 Å². The lowest BCUT2D eigenvalue weighted by atomic mass is 10.1. The predicted molar refractivity (Wildman–Crippen MR) is 79.8 cm³/mol. The predicted octanol–water partition coefficient (Wildman–Crippen LogP) is 2.89. The fourth-order valence-electron chi connectivity index (χ4n) is 3.43. The van der Waals surface area contributed by atoms with Crippen LogP contribution in [0.2, 0.25) is 0 Å². The summed E-state index contributed by atoms with van der Waals surface area (Å²) < 4.78 is 0. The monoisotopic (exact) mass is 279 g/mol. The lowest BCUT2D eigenvalue weighted by Crippen LogP contribution is -2.49. The second kappa shape index (κ2) is 6.10. The molecule has 1 aliphatic heterocycles. The van der Waals surface area contributed by atoms with E-state index in [0.717, 1.165) is 24.7 Å². The highest BCUT2D eigenvalue weighted by atomic mass is 35.5. The molecule has 3 rings (SSSR count). The summed E-state index contributed by atoms with van der Waals surface area (Å²) in [6.45, 7) is 4.61. The molecule has 0 N–H and O–H groups in total. The van der Waals surface area contributed by atoms with Crippen molar-refractivity contribution in [2.45, 2.75) is 37.6 Å². The quantitative estimate of drug-likeness (QED) is 0.793. The lowest BCUT2D eigenvalue weighted by molar-refractivity contribution is 0.187. The highest BCUT2D eigenvalue weighted by molar-refractivity contribution is 6.17. The number of alkyl halides is 1. The SMILES string of the molecule is ClCc1cnccc1N1CCN(C2CCCC2)CC1. The van der Waals surface area contributed by atoms with E-state index in [-0.39, 0.29) is 0 Å². The molecular weight excluding hydrogens is 258 g/mol. The summed E-state index contributed by atoms with van der Waals surface area (Å²) in [5.41, 5.74) is 2.43. The molecule has 1 aromatic heterocycles. The summed E-state index contributed by atoms with van der Waals surface area (Å²) in [6, 6.07) is 2.95. The minimum absolute atomic E-state index is 0.548. The first-order chi connectivity index (χ1) is 9.38. The summed E-state index contributed by atoms with van der Waals surface area (Å²) in [4.78, 5) is 9.32. The minimum Gasteiger partial charge on any atom is -0.369 e. The van der Waals surface area contributed by atoms with Crippen LogP contribution in [-0.4, -0.2) is 42.1 Å². The Morgan fingerprint density at radius 3 is 2.58 bits per heavy atom. The van der Waals surface area contributed by atoms with Crippen LogP contribution in [0, 0.1) is 0 Å². The van der Waals surface area contributed by atoms with Crippen molar-refractivity contribution in [3.63, 3.8) is 0 Å². The molecule has 2 aliphatic rings. The van der Waals surface area contributed by atoms with Gasteiger partial charge in [0.25, 0.3) is 0 Å². The van der Waals surface area contributed by atoms with Crippen LogP contribution in [-0.2, 0) is 5.88 Å². The van der Waals surface area contributed by atoms with Crippen LogP contribution >= 0.6 is 11.6 Å². The molecule has 0 spiro atoms. The molecule has 0 aromatic carbocycles. The molecule has 0 bridgehead atoms. The maximum atomic E-state index is 6.01. The van der Waals surface area contributed by atoms with Gasteiger partial charge in [-0.15, -0.1) is 11.6 Å². The normalized spacial score (nSPS) is 22.1. The zero-order valence-corrected chi connectivity index (χ0v) is 12.1. The van der Waals surface area contributed by atoms with Crippen molar-refractivity contribution >= 4 is 17.3 Å². The van der Waals surface area contributed by atoms with E-state index < -0.39 is 0 Å². The standard InChI is InChI=1S/C15H22ClN3/c16-11-13-12-17-6-5-15(13)19-9-7-18(8-10-19)14-3-1-2-4-14/h5-6,12,14H,1-4,7-11H2. The molecule has 2 fully saturated rings. The second-order valence-electron chi connectivity index (χ2n) is 5.60. The van der Waals surface area contributed by atoms with Crippen molar-refractivity contribution in [3.05, 3.63) is 24.0 Å². The van der Waals surface area contributed by atoms with E-state index in [4.69, 9.17) is 11.6 Å². The molecule has 19 heavy (non-hydrogen) atoms. The number of hydrogen-bond donors (Lipinski definition) is 0. The summed E-state index contributed by atoms with van der Waals surface area (Å²) in [5, 5.41) is 0. The van der Waals surface area contributed by atoms with Gasteiger partial charge >= 0.3 is 0 Å². The van der Waals surface area contributed by atoms with Crippen LogP contribution in [0.15, 0.2) is 18.5 Å². The third-order valence-corrected chi connectivity index (χ3v) is 4.81. The molecule has 0 amide bonds. The smallest absolute Gasteiger partial charge is 0.0509 e. The van der Waals surface area contributed by atoms with Crippen molar-refractivity contribution < 1.29 is 0 Å². The second-order valence-corrected chi connectivity index (χ2v) is 5.87. The molecule has 1 aliphatic carbocycles. The van der Waals surface area contributed by atoms with Gasteiger partial charge in [-0.2, -0.15) is 0 Å². The summed E-state index contributed by atoms with van der Waals surface area (Å²) in [7, 11) is 0. The summed E-state index contributed by atoms with van der Waals surface area (Å²) in [6.07, 6.45) is 9.42. The third kappa shape index (κ3) is 2.87. The van der Waals surface area contributed by atoms with Crippen molar-refractivity contribution in [2.24, 2.45) is 0 Å². The van der Waals surface area contributed by atoms with Gasteiger partial charge in [0, 0.05) is 55.9 Å². The van der Waals surface area contributed by atoms with Crippen molar-refractivity contribution in [2.75, 3.05) is 31.1 Å². The van der Waals surface area contributed by atoms with Crippen molar-refractivity contribution in [3.8, 4) is 0 Å². The fourth-order valence-corrected chi connectivity index (χ4v) is 3.63. The van der Waals surface area contributed by atoms with Crippen LogP contribution < -0.4 is 4.90 Å². The van der Waals surface area contributed by atoms with Crippen LogP contribution in [0.4, 0.5) is 5.69 Å². The third-order valence-electron chi connectivity index (χ3n) is 4.52. The number of anilines is 1. The molecule has 0 unspecified atom stereocenters. The average molecular weight is 280 g/mol. The lowest BCUT2D eigenvalue weighted by Gasteiger charge is -2.39. The fraction of sp³-hybridized carbons (Fsp3) is 0.667. The number of aromatic nitrogens is 1. The van der Waals surface area contributed by atoms with Crippen LogP contribution in [0.5, 0.6) is 0 Å². The molecular formula is C15H22ClN3. The van der Waals surface area contributed by atoms with E-state index in [1.54, 1.807) is 0 Å². The van der Waals surface area contributed by atoms with Gasteiger partial charge in [0.05, 0.1) is 5.88 Å². The van der Waals surface area contributed by atoms with Gasteiger partial charge in [0.15, 0.2) is 0 Å². The Bertz CT molecular complexity index is 410. The van der Waals surface area contributed by atoms with Crippen LogP contribution in [0.3, 0.4) is 0 Å². The molecule has 0 atom stereocenters. The maximum Gasteiger partial charge on any atom is 0.0509 e. The highest BCUT2D eigenvalue weighted by Crippen LogP contribution is 2.27. The summed E-state index contributed by atoms with van der Waals surface area (Å²) in [5.74, 6) is 0.548. The van der Waals surface area contributed by atoms with Crippen molar-refractivity contribution in [1.29, 1.82) is 0 Å². The van der Waals surface area contributed by atoms with Crippen LogP contribution in [0.1, 0.15) is 31.2 Å². The topological polar surface area (TPSA) is 19.4 Å². The minimum atomic E-state index is 0.548. The van der Waals surface area contributed by atoms with Crippen LogP contribution in [0.25, 0.3) is 0 Å². The molecule has 104 valence electrons. The zero-order valence-electron chi connectivity index (χ0n) is 11.4. The molecule has 1 saturated heterocycles. The molecule has 1 saturated carbocycles. The Morgan fingerprint density at radius 1 is 1.16 bits per heavy atom. The Labute approximate surface area is 120 Å². The number of pyridine rings is 1. The first-order valence-corrected chi connectivity index (χ1v) is 7.90. The van der Waals surface area contributed by atoms with Gasteiger partial charge in [-0.3, -0.25) is 9.88 Å². The molecule has 2 heterocycles. The van der Waals surface area contributed by atoms with Gasteiger partial charge in [-0.1, -0.05) is 12.8 Å². The molecule has 1 aromatic rings. The largest absolute Gasteiger partial charge is 0.369 e. The number of piperazine rings is 1. The van der Waals surface area contributed by atoms with Gasteiger partial charge in [-0.25, -0.2) is 0 Å². The molecule has 3 nitrogen and oxygen atoms in total. The van der Waals surface area contributed by atoms with E-state index in [9.17, 15) is 0 Å². The summed E-state index contributed by atoms with van der Waals surface area (Å²) >= 11 is 6.01. The highest BCUT2D eigenvalue weighted by Gasteiger charge is 2.26. The average Bonchev–Trinajstić information content (AvgIpc) is 3.02. The first kappa shape index (κ1) is 13.2. The Kier molecular flexibility index (Phi) is 4.24. The van der Waals surface area contributed by atoms with E-state index >= 15 is 0 Å². The maximum absolute atomic E-state index is 6.01. The Balaban J connectivity index is 1.63. The Morgan fingerprint density at radius 2 is 1.89 bits per heavy atom.